The molecule has 8 heteroatoms. The zero-order chi connectivity index (χ0) is 19.2. The molecule has 0 saturated heterocycles. The first-order chi connectivity index (χ1) is 12.3. The highest BCUT2D eigenvalue weighted by atomic mass is 32.1. The van der Waals surface area contributed by atoms with Crippen LogP contribution in [0.3, 0.4) is 0 Å². The Labute approximate surface area is 155 Å². The van der Waals surface area contributed by atoms with Crippen LogP contribution in [0.1, 0.15) is 18.1 Å². The van der Waals surface area contributed by atoms with Crippen LogP contribution < -0.4 is 20.9 Å². The van der Waals surface area contributed by atoms with Gasteiger partial charge in [-0.1, -0.05) is 18.7 Å². The van der Waals surface area contributed by atoms with E-state index in [1.54, 1.807) is 24.3 Å². The summed E-state index contributed by atoms with van der Waals surface area (Å²) in [6.07, 6.45) is -4.41. The van der Waals surface area contributed by atoms with Gasteiger partial charge in [0, 0.05) is 5.69 Å². The summed E-state index contributed by atoms with van der Waals surface area (Å²) in [4.78, 5) is 0. The second-order valence-corrected chi connectivity index (χ2v) is 5.63. The summed E-state index contributed by atoms with van der Waals surface area (Å²) in [5.74, 6) is 0.743. The molecule has 0 aliphatic rings. The van der Waals surface area contributed by atoms with E-state index in [0.29, 0.717) is 12.2 Å². The minimum Gasteiger partial charge on any atom is -0.494 e. The third-order valence-electron chi connectivity index (χ3n) is 3.29. The Morgan fingerprint density at radius 1 is 1.12 bits per heavy atom. The normalized spacial score (nSPS) is 10.8. The lowest BCUT2D eigenvalue weighted by Crippen LogP contribution is -2.38. The largest absolute Gasteiger partial charge is 0.494 e. The topological polar surface area (TPSA) is 45.3 Å². The van der Waals surface area contributed by atoms with Gasteiger partial charge in [-0.05, 0) is 61.1 Å². The average Bonchev–Trinajstić information content (AvgIpc) is 2.61. The highest BCUT2D eigenvalue weighted by molar-refractivity contribution is 7.80. The van der Waals surface area contributed by atoms with E-state index in [9.17, 15) is 13.2 Å². The SMILES string of the molecule is C=C(NNC(=S)Nc1ccc(OCC)cc1)c1cccc(C(F)(F)F)c1. The average molecular weight is 381 g/mol. The minimum absolute atomic E-state index is 0.238. The van der Waals surface area contributed by atoms with Gasteiger partial charge in [-0.3, -0.25) is 10.9 Å². The number of anilines is 1. The maximum atomic E-state index is 12.8. The van der Waals surface area contributed by atoms with Crippen LogP contribution in [0, 0.1) is 0 Å². The van der Waals surface area contributed by atoms with Crippen molar-refractivity contribution >= 4 is 28.7 Å². The summed E-state index contributed by atoms with van der Waals surface area (Å²) in [5, 5.41) is 3.17. The quantitative estimate of drug-likeness (QED) is 0.506. The number of nitrogens with one attached hydrogen (secondary N) is 3. The lowest BCUT2D eigenvalue weighted by atomic mass is 10.1. The van der Waals surface area contributed by atoms with E-state index in [2.05, 4.69) is 22.7 Å². The fourth-order valence-corrected chi connectivity index (χ4v) is 2.22. The molecule has 0 aliphatic carbocycles. The maximum absolute atomic E-state index is 12.8. The van der Waals surface area contributed by atoms with Gasteiger partial charge in [0.15, 0.2) is 5.11 Å². The van der Waals surface area contributed by atoms with Crippen molar-refractivity contribution in [3.63, 3.8) is 0 Å². The molecule has 0 atom stereocenters. The van der Waals surface area contributed by atoms with Crippen LogP contribution in [-0.2, 0) is 6.18 Å². The van der Waals surface area contributed by atoms with Gasteiger partial charge in [-0.25, -0.2) is 0 Å². The monoisotopic (exact) mass is 381 g/mol. The van der Waals surface area contributed by atoms with Gasteiger partial charge >= 0.3 is 6.18 Å². The van der Waals surface area contributed by atoms with Crippen molar-refractivity contribution in [2.45, 2.75) is 13.1 Å². The van der Waals surface area contributed by atoms with Crippen LogP contribution >= 0.6 is 12.2 Å². The molecule has 0 bridgehead atoms. The standard InChI is InChI=1S/C18H18F3N3OS/c1-3-25-16-9-7-15(8-10-16)22-17(26)24-23-12(2)13-5-4-6-14(11-13)18(19,20)21/h4-11,23H,2-3H2,1H3,(H2,22,24,26). The van der Waals surface area contributed by atoms with Gasteiger partial charge in [0.05, 0.1) is 17.9 Å². The molecule has 138 valence electrons. The number of hydrazine groups is 1. The van der Waals surface area contributed by atoms with Crippen LogP contribution in [-0.4, -0.2) is 11.7 Å². The van der Waals surface area contributed by atoms with Crippen molar-refractivity contribution in [2.24, 2.45) is 0 Å². The van der Waals surface area contributed by atoms with Crippen molar-refractivity contribution in [1.82, 2.24) is 10.9 Å². The first-order valence-electron chi connectivity index (χ1n) is 7.72. The fourth-order valence-electron chi connectivity index (χ4n) is 2.05. The molecular formula is C18H18F3N3OS. The molecule has 0 saturated carbocycles. The highest BCUT2D eigenvalue weighted by Gasteiger charge is 2.30. The summed E-state index contributed by atoms with van der Waals surface area (Å²) < 4.78 is 43.6. The second-order valence-electron chi connectivity index (χ2n) is 5.22. The number of hydrogen-bond acceptors (Lipinski definition) is 3. The Morgan fingerprint density at radius 3 is 2.42 bits per heavy atom. The molecule has 0 amide bonds. The predicted octanol–water partition coefficient (Wildman–Crippen LogP) is 4.57. The summed E-state index contributed by atoms with van der Waals surface area (Å²) in [6, 6.07) is 12.0. The zero-order valence-electron chi connectivity index (χ0n) is 14.0. The number of thiocarbonyl (C=S) groups is 1. The maximum Gasteiger partial charge on any atom is 0.416 e. The molecule has 0 aliphatic heterocycles. The van der Waals surface area contributed by atoms with Crippen molar-refractivity contribution in [3.8, 4) is 5.75 Å². The molecule has 0 aromatic heterocycles. The molecular weight excluding hydrogens is 363 g/mol. The summed E-state index contributed by atoms with van der Waals surface area (Å²) in [7, 11) is 0. The first kappa shape index (κ1) is 19.6. The van der Waals surface area contributed by atoms with Gasteiger partial charge in [0.25, 0.3) is 0 Å². The molecule has 2 aromatic carbocycles. The number of benzene rings is 2. The molecule has 0 unspecified atom stereocenters. The predicted molar refractivity (Wildman–Crippen MR) is 101 cm³/mol. The van der Waals surface area contributed by atoms with Crippen molar-refractivity contribution in [3.05, 3.63) is 66.2 Å². The van der Waals surface area contributed by atoms with Crippen molar-refractivity contribution < 1.29 is 17.9 Å². The second kappa shape index (κ2) is 8.57. The molecule has 0 radical (unpaired) electrons. The van der Waals surface area contributed by atoms with Gasteiger partial charge in [-0.2, -0.15) is 13.2 Å². The van der Waals surface area contributed by atoms with E-state index >= 15 is 0 Å². The van der Waals surface area contributed by atoms with E-state index in [-0.39, 0.29) is 10.8 Å². The molecule has 0 spiro atoms. The smallest absolute Gasteiger partial charge is 0.416 e. The Hall–Kier alpha value is -2.74. The van der Waals surface area contributed by atoms with Gasteiger partial charge in [-0.15, -0.1) is 0 Å². The van der Waals surface area contributed by atoms with E-state index in [1.807, 2.05) is 6.92 Å². The molecule has 0 heterocycles. The number of rotatable bonds is 6. The summed E-state index contributed by atoms with van der Waals surface area (Å²) in [6.45, 7) is 6.19. The van der Waals surface area contributed by atoms with Crippen LogP contribution in [0.4, 0.5) is 18.9 Å². The lowest BCUT2D eigenvalue weighted by Gasteiger charge is -2.15. The Kier molecular flexibility index (Phi) is 6.46. The molecule has 4 nitrogen and oxygen atoms in total. The van der Waals surface area contributed by atoms with Gasteiger partial charge < -0.3 is 10.1 Å². The third-order valence-corrected chi connectivity index (χ3v) is 3.49. The Balaban J connectivity index is 1.89. The molecule has 3 N–H and O–H groups in total. The minimum atomic E-state index is -4.41. The van der Waals surface area contributed by atoms with Crippen molar-refractivity contribution in [2.75, 3.05) is 11.9 Å². The molecule has 26 heavy (non-hydrogen) atoms. The Morgan fingerprint density at radius 2 is 1.81 bits per heavy atom. The van der Waals surface area contributed by atoms with E-state index < -0.39 is 11.7 Å². The fraction of sp³-hybridized carbons (Fsp3) is 0.167. The first-order valence-corrected chi connectivity index (χ1v) is 8.13. The van der Waals surface area contributed by atoms with E-state index in [4.69, 9.17) is 17.0 Å². The number of ether oxygens (including phenoxy) is 1. The Bertz CT molecular complexity index is 776. The summed E-state index contributed by atoms with van der Waals surface area (Å²) in [5.41, 5.74) is 5.92. The molecule has 2 rings (SSSR count). The van der Waals surface area contributed by atoms with Crippen LogP contribution in [0.15, 0.2) is 55.1 Å². The van der Waals surface area contributed by atoms with Crippen molar-refractivity contribution in [1.29, 1.82) is 0 Å². The highest BCUT2D eigenvalue weighted by Crippen LogP contribution is 2.30. The van der Waals surface area contributed by atoms with E-state index in [0.717, 1.165) is 23.6 Å². The number of halogens is 3. The van der Waals surface area contributed by atoms with Crippen LogP contribution in [0.2, 0.25) is 0 Å². The zero-order valence-corrected chi connectivity index (χ0v) is 14.8. The van der Waals surface area contributed by atoms with Crippen LogP contribution in [0.5, 0.6) is 5.75 Å². The van der Waals surface area contributed by atoms with Gasteiger partial charge in [0.1, 0.15) is 5.75 Å². The number of alkyl halides is 3. The van der Waals surface area contributed by atoms with E-state index in [1.165, 1.54) is 12.1 Å². The number of hydrogen-bond donors (Lipinski definition) is 3. The third kappa shape index (κ3) is 5.66. The lowest BCUT2D eigenvalue weighted by molar-refractivity contribution is -0.137. The molecule has 0 fully saturated rings. The van der Waals surface area contributed by atoms with Gasteiger partial charge in [0.2, 0.25) is 0 Å². The molecule has 2 aromatic rings. The summed E-state index contributed by atoms with van der Waals surface area (Å²) >= 11 is 5.14. The van der Waals surface area contributed by atoms with Crippen LogP contribution in [0.25, 0.3) is 5.70 Å².